The molecule has 0 bridgehead atoms. The van der Waals surface area contributed by atoms with Crippen molar-refractivity contribution in [1.82, 2.24) is 20.2 Å². The lowest BCUT2D eigenvalue weighted by atomic mass is 9.97. The van der Waals surface area contributed by atoms with Gasteiger partial charge in [0.1, 0.15) is 23.1 Å². The lowest BCUT2D eigenvalue weighted by Gasteiger charge is -2.32. The van der Waals surface area contributed by atoms with Gasteiger partial charge in [-0.2, -0.15) is 0 Å². The minimum absolute atomic E-state index is 0.167. The van der Waals surface area contributed by atoms with Crippen molar-refractivity contribution < 1.29 is 19.8 Å². The van der Waals surface area contributed by atoms with E-state index in [0.29, 0.717) is 19.5 Å². The molecule has 2 atom stereocenters. The van der Waals surface area contributed by atoms with Gasteiger partial charge in [-0.05, 0) is 61.3 Å². The van der Waals surface area contributed by atoms with E-state index in [9.17, 15) is 14.7 Å². The largest absolute Gasteiger partial charge is 0.382 e. The molecule has 2 aliphatic rings. The molecule has 0 spiro atoms. The first-order valence-electron chi connectivity index (χ1n) is 12.3. The number of aromatic nitrogens is 2. The van der Waals surface area contributed by atoms with E-state index in [1.54, 1.807) is 17.7 Å². The number of fused-ring (bicyclic) bond motifs is 2. The second kappa shape index (κ2) is 12.4. The Morgan fingerprint density at radius 2 is 1.92 bits per heavy atom. The number of anilines is 1. The van der Waals surface area contributed by atoms with Crippen LogP contribution in [-0.4, -0.2) is 82.7 Å². The van der Waals surface area contributed by atoms with E-state index in [4.69, 9.17) is 5.11 Å². The molecule has 0 aliphatic carbocycles. The molecule has 0 saturated carbocycles. The molecule has 1 saturated heterocycles. The maximum atomic E-state index is 11.9. The zero-order valence-corrected chi connectivity index (χ0v) is 21.2. The normalized spacial score (nSPS) is 17.6. The maximum absolute atomic E-state index is 11.9. The monoisotopic (exact) mass is 511 g/mol. The number of hydrogen-bond donors (Lipinski definition) is 3. The Balaban J connectivity index is 0.000000169. The molecule has 2 unspecified atom stereocenters. The van der Waals surface area contributed by atoms with E-state index in [-0.39, 0.29) is 6.29 Å². The number of nitrogens with zero attached hydrogens (tertiary/aromatic N) is 4. The van der Waals surface area contributed by atoms with Crippen LogP contribution in [-0.2, 0) is 22.6 Å². The summed E-state index contributed by atoms with van der Waals surface area (Å²) in [7, 11) is 2.03. The number of aliphatic hydroxyl groups excluding tert-OH is 2. The molecular formula is C26H33N5O4S. The molecule has 192 valence electrons. The molecule has 10 heteroatoms. The third kappa shape index (κ3) is 6.07. The van der Waals surface area contributed by atoms with Gasteiger partial charge in [0.25, 0.3) is 5.91 Å². The smallest absolute Gasteiger partial charge is 0.254 e. The first kappa shape index (κ1) is 26.2. The molecule has 2 aliphatic heterocycles. The Labute approximate surface area is 214 Å². The summed E-state index contributed by atoms with van der Waals surface area (Å²) in [5, 5.41) is 25.2. The third-order valence-electron chi connectivity index (χ3n) is 6.81. The lowest BCUT2D eigenvalue weighted by molar-refractivity contribution is -0.149. The van der Waals surface area contributed by atoms with Gasteiger partial charge in [-0.3, -0.25) is 4.79 Å². The van der Waals surface area contributed by atoms with Crippen molar-refractivity contribution >= 4 is 39.6 Å². The van der Waals surface area contributed by atoms with Crippen LogP contribution in [0.4, 0.5) is 5.82 Å². The van der Waals surface area contributed by atoms with E-state index in [0.717, 1.165) is 41.8 Å². The molecule has 9 nitrogen and oxygen atoms in total. The highest BCUT2D eigenvalue weighted by atomic mass is 32.1. The number of carbonyl (C=O) groups is 2. The summed E-state index contributed by atoms with van der Waals surface area (Å²) in [5.74, 6) is 1.32. The molecule has 4 heterocycles. The molecule has 0 radical (unpaired) electrons. The highest BCUT2D eigenvalue weighted by Crippen LogP contribution is 2.29. The van der Waals surface area contributed by atoms with Gasteiger partial charge >= 0.3 is 0 Å². The topological polar surface area (TPSA) is 119 Å². The highest BCUT2D eigenvalue weighted by Gasteiger charge is 2.30. The first-order valence-corrected chi connectivity index (χ1v) is 13.1. The van der Waals surface area contributed by atoms with Crippen molar-refractivity contribution in [3.63, 3.8) is 0 Å². The van der Waals surface area contributed by atoms with Crippen molar-refractivity contribution in [3.05, 3.63) is 53.2 Å². The van der Waals surface area contributed by atoms with Crippen LogP contribution in [0.3, 0.4) is 0 Å². The second-order valence-corrected chi connectivity index (χ2v) is 10.1. The third-order valence-corrected chi connectivity index (χ3v) is 7.63. The van der Waals surface area contributed by atoms with Gasteiger partial charge in [0.05, 0.1) is 5.39 Å². The number of benzene rings is 1. The Hall–Kier alpha value is -2.92. The van der Waals surface area contributed by atoms with Crippen LogP contribution in [0.25, 0.3) is 10.2 Å². The van der Waals surface area contributed by atoms with E-state index < -0.39 is 18.1 Å². The predicted octanol–water partition coefficient (Wildman–Crippen LogP) is 1.62. The zero-order valence-electron chi connectivity index (χ0n) is 20.4. The van der Waals surface area contributed by atoms with Crippen LogP contribution in [0.5, 0.6) is 0 Å². The maximum Gasteiger partial charge on any atom is 0.254 e. The molecule has 2 aromatic heterocycles. The van der Waals surface area contributed by atoms with Crippen LogP contribution in [0.2, 0.25) is 0 Å². The van der Waals surface area contributed by atoms with Crippen LogP contribution in [0.1, 0.15) is 24.0 Å². The molecule has 5 rings (SSSR count). The summed E-state index contributed by atoms with van der Waals surface area (Å²) in [5.41, 5.74) is 2.22. The molecule has 1 fully saturated rings. The summed E-state index contributed by atoms with van der Waals surface area (Å²) in [6.45, 7) is 4.23. The quantitative estimate of drug-likeness (QED) is 0.427. The molecule has 3 N–H and O–H groups in total. The standard InChI is InChI=1S/C13H18N4S.C13H15NO4/c1-14-8-10-2-5-17(6-3-10)12-11-4-7-18-13(11)16-9-15-12;15-8-11(16)12(17)13(18)14-6-5-9-3-1-2-4-10(9)7-14/h4,7,9-10,14H,2-3,5-6,8H2,1H3;1-4,8,11-12,16-17H,5-7H2. The number of thiophene rings is 1. The fourth-order valence-corrected chi connectivity index (χ4v) is 5.49. The van der Waals surface area contributed by atoms with Crippen LogP contribution in [0.15, 0.2) is 42.0 Å². The Kier molecular flexibility index (Phi) is 8.98. The molecular weight excluding hydrogens is 478 g/mol. The van der Waals surface area contributed by atoms with E-state index in [1.165, 1.54) is 28.7 Å². The number of hydrogen-bond acceptors (Lipinski definition) is 9. The van der Waals surface area contributed by atoms with Crippen molar-refractivity contribution in [2.24, 2.45) is 5.92 Å². The minimum atomic E-state index is -1.67. The molecule has 36 heavy (non-hydrogen) atoms. The first-order chi connectivity index (χ1) is 17.5. The predicted molar refractivity (Wildman–Crippen MR) is 140 cm³/mol. The number of carbonyl (C=O) groups excluding carboxylic acids is 2. The van der Waals surface area contributed by atoms with Crippen LogP contribution >= 0.6 is 11.3 Å². The number of rotatable bonds is 6. The zero-order chi connectivity index (χ0) is 25.5. The lowest BCUT2D eigenvalue weighted by Crippen LogP contribution is -2.47. The summed E-state index contributed by atoms with van der Waals surface area (Å²) >= 11 is 1.69. The van der Waals surface area contributed by atoms with Gasteiger partial charge in [0.2, 0.25) is 0 Å². The van der Waals surface area contributed by atoms with Gasteiger partial charge in [-0.15, -0.1) is 11.3 Å². The second-order valence-electron chi connectivity index (χ2n) is 9.17. The van der Waals surface area contributed by atoms with Gasteiger partial charge in [0, 0.05) is 26.2 Å². The van der Waals surface area contributed by atoms with Crippen LogP contribution < -0.4 is 10.2 Å². The molecule has 1 amide bonds. The minimum Gasteiger partial charge on any atom is -0.382 e. The summed E-state index contributed by atoms with van der Waals surface area (Å²) in [6, 6.07) is 9.91. The average Bonchev–Trinajstić information content (AvgIpc) is 3.42. The Morgan fingerprint density at radius 3 is 2.64 bits per heavy atom. The average molecular weight is 512 g/mol. The Morgan fingerprint density at radius 1 is 1.17 bits per heavy atom. The number of piperidine rings is 1. The molecule has 3 aromatic rings. The van der Waals surface area contributed by atoms with E-state index in [2.05, 4.69) is 31.6 Å². The molecule has 1 aromatic carbocycles. The summed E-state index contributed by atoms with van der Waals surface area (Å²) in [6.07, 6.45) is 1.73. The number of nitrogens with one attached hydrogen (secondary N) is 1. The number of amides is 1. The van der Waals surface area contributed by atoms with E-state index >= 15 is 0 Å². The van der Waals surface area contributed by atoms with Gasteiger partial charge in [-0.1, -0.05) is 24.3 Å². The number of aldehydes is 1. The van der Waals surface area contributed by atoms with Crippen molar-refractivity contribution in [1.29, 1.82) is 0 Å². The number of aliphatic hydroxyl groups is 2. The van der Waals surface area contributed by atoms with Crippen molar-refractivity contribution in [2.45, 2.75) is 38.0 Å². The van der Waals surface area contributed by atoms with Crippen molar-refractivity contribution in [3.8, 4) is 0 Å². The van der Waals surface area contributed by atoms with Crippen molar-refractivity contribution in [2.75, 3.05) is 38.1 Å². The van der Waals surface area contributed by atoms with Gasteiger partial charge < -0.3 is 30.1 Å². The fourth-order valence-electron chi connectivity index (χ4n) is 4.76. The highest BCUT2D eigenvalue weighted by molar-refractivity contribution is 7.16. The van der Waals surface area contributed by atoms with Crippen LogP contribution in [0, 0.1) is 5.92 Å². The summed E-state index contributed by atoms with van der Waals surface area (Å²) < 4.78 is 0. The van der Waals surface area contributed by atoms with Gasteiger partial charge in [-0.25, -0.2) is 9.97 Å². The fraction of sp³-hybridized carbons (Fsp3) is 0.462. The van der Waals surface area contributed by atoms with E-state index in [1.807, 2.05) is 31.3 Å². The Bertz CT molecular complexity index is 1160. The van der Waals surface area contributed by atoms with Gasteiger partial charge in [0.15, 0.2) is 12.4 Å². The SMILES string of the molecule is CNCC1CCN(c2ncnc3sccc23)CC1.O=CC(O)C(O)C(=O)N1CCc2ccccc2C1. The summed E-state index contributed by atoms with van der Waals surface area (Å²) in [4.78, 5) is 36.0.